The van der Waals surface area contributed by atoms with Crippen molar-refractivity contribution < 1.29 is 83.8 Å². The minimum absolute atomic E-state index is 0. The Hall–Kier alpha value is 0.830. The van der Waals surface area contributed by atoms with E-state index in [1.54, 1.807) is 0 Å². The summed E-state index contributed by atoms with van der Waals surface area (Å²) in [5.74, 6) is 0. The van der Waals surface area contributed by atoms with E-state index in [1.165, 1.54) is 0 Å². The first-order valence-electron chi connectivity index (χ1n) is 5.94. The zero-order chi connectivity index (χ0) is 16.4. The predicted octanol–water partition coefficient (Wildman–Crippen LogP) is -7.97. The molecule has 0 aliphatic heterocycles. The van der Waals surface area contributed by atoms with Gasteiger partial charge in [0, 0.05) is 0 Å². The molecule has 0 spiro atoms. The van der Waals surface area contributed by atoms with Gasteiger partial charge in [0.25, 0.3) is 7.82 Å². The molecule has 1 fully saturated rings. The first-order valence-corrected chi connectivity index (χ1v) is 7.40. The molecule has 1 aliphatic carbocycles. The fourth-order valence-electron chi connectivity index (χ4n) is 1.73. The maximum atomic E-state index is 11.4. The van der Waals surface area contributed by atoms with E-state index in [1.807, 2.05) is 0 Å². The summed E-state index contributed by atoms with van der Waals surface area (Å²) in [6.45, 7) is -1.60. The minimum Gasteiger partial charge on any atom is -0.756 e. The third-order valence-electron chi connectivity index (χ3n) is 2.96. The number of aliphatic hydroxyl groups excluding tert-OH is 7. The largest absolute Gasteiger partial charge is 1.00 e. The van der Waals surface area contributed by atoms with Crippen LogP contribution >= 0.6 is 7.82 Å². The fraction of sp³-hybridized carbons (Fsp3) is 1.00. The Morgan fingerprint density at radius 2 is 1.41 bits per heavy atom. The summed E-state index contributed by atoms with van der Waals surface area (Å²) >= 11 is 0. The molecule has 0 heterocycles. The van der Waals surface area contributed by atoms with Crippen molar-refractivity contribution in [2.75, 3.05) is 13.2 Å². The monoisotopic (exact) mass is 356 g/mol. The molecule has 0 radical (unpaired) electrons. The molecular formula is C9H18NaO11P. The van der Waals surface area contributed by atoms with Crippen LogP contribution in [0.1, 0.15) is 0 Å². The van der Waals surface area contributed by atoms with E-state index >= 15 is 0 Å². The molecule has 126 valence electrons. The second kappa shape index (κ2) is 9.35. The van der Waals surface area contributed by atoms with Gasteiger partial charge in [-0.15, -0.1) is 0 Å². The van der Waals surface area contributed by atoms with Gasteiger partial charge in [-0.3, -0.25) is 4.57 Å². The Labute approximate surface area is 147 Å². The summed E-state index contributed by atoms with van der Waals surface area (Å²) in [5.41, 5.74) is 0. The van der Waals surface area contributed by atoms with Gasteiger partial charge in [0.15, 0.2) is 0 Å². The van der Waals surface area contributed by atoms with Crippen molar-refractivity contribution in [3.63, 3.8) is 0 Å². The Morgan fingerprint density at radius 3 is 1.82 bits per heavy atom. The van der Waals surface area contributed by atoms with Crippen LogP contribution in [-0.4, -0.2) is 91.7 Å². The number of hydrogen-bond donors (Lipinski definition) is 7. The molecule has 0 aromatic rings. The van der Waals surface area contributed by atoms with Gasteiger partial charge in [0.2, 0.25) is 0 Å². The number of phosphoric acid groups is 1. The summed E-state index contributed by atoms with van der Waals surface area (Å²) in [4.78, 5) is 11.4. The third kappa shape index (κ3) is 5.72. The normalized spacial score (nSPS) is 39.6. The maximum absolute atomic E-state index is 11.4. The van der Waals surface area contributed by atoms with Crippen molar-refractivity contribution >= 4 is 7.82 Å². The van der Waals surface area contributed by atoms with Crippen LogP contribution in [-0.2, 0) is 13.6 Å². The second-order valence-corrected chi connectivity index (χ2v) is 5.97. The molecule has 13 heteroatoms. The summed E-state index contributed by atoms with van der Waals surface area (Å²) in [7, 11) is -5.12. The fourth-order valence-corrected chi connectivity index (χ4v) is 2.69. The van der Waals surface area contributed by atoms with Crippen LogP contribution in [0.4, 0.5) is 0 Å². The van der Waals surface area contributed by atoms with Gasteiger partial charge in [-0.1, -0.05) is 0 Å². The zero-order valence-electron chi connectivity index (χ0n) is 11.7. The number of rotatable bonds is 6. The predicted molar refractivity (Wildman–Crippen MR) is 61.6 cm³/mol. The van der Waals surface area contributed by atoms with E-state index in [0.717, 1.165) is 0 Å². The van der Waals surface area contributed by atoms with Gasteiger partial charge in [-0.2, -0.15) is 0 Å². The van der Waals surface area contributed by atoms with E-state index in [0.29, 0.717) is 0 Å². The average molecular weight is 356 g/mol. The number of phosphoric ester groups is 1. The molecule has 0 bridgehead atoms. The van der Waals surface area contributed by atoms with Crippen molar-refractivity contribution in [1.29, 1.82) is 0 Å². The summed E-state index contributed by atoms with van der Waals surface area (Å²) in [6, 6.07) is 0. The van der Waals surface area contributed by atoms with Crippen molar-refractivity contribution in [2.45, 2.75) is 42.7 Å². The Kier molecular flexibility index (Phi) is 9.70. The zero-order valence-corrected chi connectivity index (χ0v) is 14.6. The van der Waals surface area contributed by atoms with Gasteiger partial charge < -0.3 is 49.7 Å². The maximum Gasteiger partial charge on any atom is 1.00 e. The molecule has 1 aliphatic rings. The van der Waals surface area contributed by atoms with E-state index in [-0.39, 0.29) is 29.6 Å². The SMILES string of the molecule is O=P([O-])(OC[C@@H](O)CO)OC1[C@H](O)[C@H](O)C(O)[C@H](O)[C@H]1O.[Na+]. The van der Waals surface area contributed by atoms with Gasteiger partial charge in [-0.05, 0) is 0 Å². The van der Waals surface area contributed by atoms with Crippen LogP contribution in [0.25, 0.3) is 0 Å². The summed E-state index contributed by atoms with van der Waals surface area (Å²) < 4.78 is 20.0. The van der Waals surface area contributed by atoms with Gasteiger partial charge in [0.1, 0.15) is 42.7 Å². The van der Waals surface area contributed by atoms with Crippen molar-refractivity contribution in [2.24, 2.45) is 0 Å². The van der Waals surface area contributed by atoms with Crippen molar-refractivity contribution in [3.8, 4) is 0 Å². The molecule has 0 saturated heterocycles. The van der Waals surface area contributed by atoms with E-state index in [9.17, 15) is 35.0 Å². The van der Waals surface area contributed by atoms with Crippen LogP contribution in [0, 0.1) is 0 Å². The number of hydrogen-bond acceptors (Lipinski definition) is 11. The second-order valence-electron chi connectivity index (χ2n) is 4.60. The first kappa shape index (κ1) is 22.8. The van der Waals surface area contributed by atoms with Crippen LogP contribution in [0.3, 0.4) is 0 Å². The molecular weight excluding hydrogens is 338 g/mol. The molecule has 22 heavy (non-hydrogen) atoms. The molecule has 0 aromatic carbocycles. The Morgan fingerprint density at radius 1 is 1.00 bits per heavy atom. The van der Waals surface area contributed by atoms with Crippen LogP contribution in [0.15, 0.2) is 0 Å². The average Bonchev–Trinajstić information content (AvgIpc) is 2.45. The van der Waals surface area contributed by atoms with Crippen LogP contribution in [0.2, 0.25) is 0 Å². The van der Waals surface area contributed by atoms with Gasteiger partial charge in [-0.25, -0.2) is 0 Å². The van der Waals surface area contributed by atoms with Crippen LogP contribution in [0.5, 0.6) is 0 Å². The summed E-state index contributed by atoms with van der Waals surface area (Å²) in [5, 5.41) is 64.7. The van der Waals surface area contributed by atoms with E-state index in [4.69, 9.17) is 10.2 Å². The van der Waals surface area contributed by atoms with Crippen molar-refractivity contribution in [3.05, 3.63) is 0 Å². The van der Waals surface area contributed by atoms with Crippen molar-refractivity contribution in [1.82, 2.24) is 0 Å². The molecule has 8 atom stereocenters. The van der Waals surface area contributed by atoms with E-state index < -0.39 is 63.8 Å². The Bertz CT molecular complexity index is 369. The molecule has 0 aromatic heterocycles. The van der Waals surface area contributed by atoms with Gasteiger partial charge >= 0.3 is 29.6 Å². The van der Waals surface area contributed by atoms with E-state index in [2.05, 4.69) is 9.05 Å². The quantitative estimate of drug-likeness (QED) is 0.176. The first-order chi connectivity index (χ1) is 9.60. The molecule has 1 saturated carbocycles. The number of aliphatic hydroxyl groups is 7. The minimum atomic E-state index is -5.12. The van der Waals surface area contributed by atoms with Crippen LogP contribution < -0.4 is 34.5 Å². The molecule has 3 unspecified atom stereocenters. The molecule has 11 nitrogen and oxygen atoms in total. The smallest absolute Gasteiger partial charge is 0.756 e. The molecule has 7 N–H and O–H groups in total. The third-order valence-corrected chi connectivity index (χ3v) is 3.93. The molecule has 0 amide bonds. The molecule has 1 rings (SSSR count). The topological polar surface area (TPSA) is 200 Å². The Balaban J connectivity index is 0.00000441. The van der Waals surface area contributed by atoms with Gasteiger partial charge in [0.05, 0.1) is 13.2 Å². The summed E-state index contributed by atoms with van der Waals surface area (Å²) in [6.07, 6.45) is -13.3. The standard InChI is InChI=1S/C9H19O11P.Na/c10-1-3(11)2-19-21(17,18)20-9-7(15)5(13)4(12)6(14)8(9)16;/h3-16H,1-2H2,(H,17,18);/q;+1/p-1/t3-,4?,5-,6+,7+,8+,9?;/m0./s1.